The van der Waals surface area contributed by atoms with Crippen molar-refractivity contribution < 1.29 is 27.9 Å². The fourth-order valence-electron chi connectivity index (χ4n) is 2.45. The molecule has 5 nitrogen and oxygen atoms in total. The highest BCUT2D eigenvalue weighted by Crippen LogP contribution is 2.35. The number of carboxylic acids is 1. The van der Waals surface area contributed by atoms with Crippen molar-refractivity contribution >= 4 is 23.2 Å². The molecular formula is C12H13F3N2O3S. The number of amides is 1. The number of hydrogen-bond donors (Lipinski definition) is 1. The van der Waals surface area contributed by atoms with E-state index < -0.39 is 34.5 Å². The van der Waals surface area contributed by atoms with Gasteiger partial charge in [0.1, 0.15) is 4.88 Å². The Labute approximate surface area is 122 Å². The Morgan fingerprint density at radius 1 is 1.43 bits per heavy atom. The second-order valence-corrected chi connectivity index (χ2v) is 5.97. The van der Waals surface area contributed by atoms with Gasteiger partial charge in [0.25, 0.3) is 5.91 Å². The lowest BCUT2D eigenvalue weighted by Crippen LogP contribution is -2.46. The van der Waals surface area contributed by atoms with Crippen LogP contribution in [0.3, 0.4) is 0 Å². The fourth-order valence-corrected chi connectivity index (χ4v) is 3.09. The Hall–Kier alpha value is -1.64. The Morgan fingerprint density at radius 2 is 2.10 bits per heavy atom. The summed E-state index contributed by atoms with van der Waals surface area (Å²) in [6.45, 7) is 1.91. The topological polar surface area (TPSA) is 70.5 Å². The molecule has 0 radical (unpaired) electrons. The number of halogens is 3. The first-order valence-electron chi connectivity index (χ1n) is 6.23. The Bertz CT molecular complexity index is 558. The van der Waals surface area contributed by atoms with Crippen LogP contribution in [0.4, 0.5) is 13.2 Å². The molecule has 1 saturated heterocycles. The summed E-state index contributed by atoms with van der Waals surface area (Å²) < 4.78 is 38.4. The van der Waals surface area contributed by atoms with E-state index in [0.29, 0.717) is 17.8 Å². The van der Waals surface area contributed by atoms with E-state index in [1.165, 1.54) is 0 Å². The molecule has 1 amide bonds. The van der Waals surface area contributed by atoms with Crippen LogP contribution in [-0.2, 0) is 11.0 Å². The van der Waals surface area contributed by atoms with Gasteiger partial charge in [-0.05, 0) is 12.3 Å². The maximum Gasteiger partial charge on any atom is 0.427 e. The van der Waals surface area contributed by atoms with Gasteiger partial charge >= 0.3 is 12.1 Å². The zero-order valence-electron chi connectivity index (χ0n) is 11.1. The van der Waals surface area contributed by atoms with Crippen LogP contribution in [0, 0.1) is 11.8 Å². The van der Waals surface area contributed by atoms with Crippen molar-refractivity contribution in [2.75, 3.05) is 13.1 Å². The summed E-state index contributed by atoms with van der Waals surface area (Å²) >= 11 is 0.357. The number of rotatable bonds is 2. The molecule has 2 rings (SSSR count). The summed E-state index contributed by atoms with van der Waals surface area (Å²) in [7, 11) is 0. The van der Waals surface area contributed by atoms with Crippen LogP contribution in [0.1, 0.15) is 28.7 Å². The Morgan fingerprint density at radius 3 is 2.67 bits per heavy atom. The number of aromatic nitrogens is 1. The number of alkyl halides is 3. The van der Waals surface area contributed by atoms with Crippen molar-refractivity contribution in [1.29, 1.82) is 0 Å². The molecule has 2 heterocycles. The van der Waals surface area contributed by atoms with E-state index >= 15 is 0 Å². The van der Waals surface area contributed by atoms with E-state index in [1.807, 2.05) is 0 Å². The molecule has 0 bridgehead atoms. The van der Waals surface area contributed by atoms with Gasteiger partial charge in [0, 0.05) is 13.1 Å². The minimum Gasteiger partial charge on any atom is -0.481 e. The van der Waals surface area contributed by atoms with Crippen molar-refractivity contribution in [1.82, 2.24) is 9.88 Å². The van der Waals surface area contributed by atoms with Gasteiger partial charge in [0.15, 0.2) is 5.69 Å². The van der Waals surface area contributed by atoms with Crippen molar-refractivity contribution in [3.8, 4) is 0 Å². The molecule has 21 heavy (non-hydrogen) atoms. The summed E-state index contributed by atoms with van der Waals surface area (Å²) in [6.07, 6.45) is -4.23. The molecule has 0 aromatic carbocycles. The summed E-state index contributed by atoms with van der Waals surface area (Å²) in [5, 5.41) is 9.04. The van der Waals surface area contributed by atoms with Crippen LogP contribution in [0.5, 0.6) is 0 Å². The number of carboxylic acid groups (broad SMARTS) is 1. The largest absolute Gasteiger partial charge is 0.481 e. The number of likely N-dealkylation sites (tertiary alicyclic amines) is 1. The molecule has 1 aromatic rings. The molecule has 1 fully saturated rings. The molecule has 116 valence electrons. The fraction of sp³-hybridized carbons (Fsp3) is 0.583. The maximum absolute atomic E-state index is 12.8. The molecule has 1 aliphatic heterocycles. The number of thiazole rings is 1. The average molecular weight is 322 g/mol. The number of hydrogen-bond acceptors (Lipinski definition) is 4. The van der Waals surface area contributed by atoms with Gasteiger partial charge in [-0.15, -0.1) is 11.3 Å². The van der Waals surface area contributed by atoms with E-state index in [9.17, 15) is 22.8 Å². The van der Waals surface area contributed by atoms with Crippen LogP contribution in [0.25, 0.3) is 0 Å². The zero-order chi connectivity index (χ0) is 15.8. The number of nitrogens with zero attached hydrogens (tertiary/aromatic N) is 2. The highest BCUT2D eigenvalue weighted by molar-refractivity contribution is 7.10. The molecular weight excluding hydrogens is 309 g/mol. The maximum atomic E-state index is 12.8. The van der Waals surface area contributed by atoms with E-state index in [0.717, 1.165) is 10.4 Å². The molecule has 0 saturated carbocycles. The second-order valence-electron chi connectivity index (χ2n) is 5.11. The number of aliphatic carboxylic acids is 1. The molecule has 2 atom stereocenters. The molecule has 0 aliphatic carbocycles. The van der Waals surface area contributed by atoms with Gasteiger partial charge in [0.05, 0.1) is 11.4 Å². The molecule has 1 aliphatic rings. The number of piperidine rings is 1. The highest BCUT2D eigenvalue weighted by Gasteiger charge is 2.40. The first-order valence-corrected chi connectivity index (χ1v) is 7.11. The predicted octanol–water partition coefficient (Wildman–Crippen LogP) is 2.34. The highest BCUT2D eigenvalue weighted by atomic mass is 32.1. The van der Waals surface area contributed by atoms with Gasteiger partial charge < -0.3 is 10.0 Å². The third-order valence-corrected chi connectivity index (χ3v) is 4.19. The van der Waals surface area contributed by atoms with Crippen LogP contribution in [-0.4, -0.2) is 40.0 Å². The van der Waals surface area contributed by atoms with Gasteiger partial charge in [-0.25, -0.2) is 4.98 Å². The lowest BCUT2D eigenvalue weighted by molar-refractivity contribution is -0.144. The van der Waals surface area contributed by atoms with Crippen LogP contribution in [0.2, 0.25) is 0 Å². The quantitative estimate of drug-likeness (QED) is 0.907. The lowest BCUT2D eigenvalue weighted by Gasteiger charge is -2.34. The monoisotopic (exact) mass is 322 g/mol. The van der Waals surface area contributed by atoms with Crippen molar-refractivity contribution in [2.24, 2.45) is 11.8 Å². The predicted molar refractivity (Wildman–Crippen MR) is 67.9 cm³/mol. The van der Waals surface area contributed by atoms with Crippen molar-refractivity contribution in [2.45, 2.75) is 19.5 Å². The Balaban J connectivity index is 2.24. The molecule has 0 spiro atoms. The number of carbonyl (C=O) groups excluding carboxylic acids is 1. The first-order chi connectivity index (χ1) is 9.70. The Kier molecular flexibility index (Phi) is 4.22. The molecule has 2 unspecified atom stereocenters. The third kappa shape index (κ3) is 3.34. The second kappa shape index (κ2) is 5.63. The van der Waals surface area contributed by atoms with Gasteiger partial charge in [0.2, 0.25) is 0 Å². The summed E-state index contributed by atoms with van der Waals surface area (Å²) in [5.41, 5.74) is 0.323. The van der Waals surface area contributed by atoms with Gasteiger partial charge in [-0.2, -0.15) is 13.2 Å². The van der Waals surface area contributed by atoms with E-state index in [-0.39, 0.29) is 19.0 Å². The standard InChI is InChI=1S/C12H13F3N2O3S/c1-6-2-7(11(19)20)4-17(3-6)10(18)8-9(12(13,14)15)21-5-16-8/h5-7H,2-4H2,1H3,(H,19,20). The zero-order valence-corrected chi connectivity index (χ0v) is 11.9. The summed E-state index contributed by atoms with van der Waals surface area (Å²) in [4.78, 5) is 26.9. The van der Waals surface area contributed by atoms with E-state index in [2.05, 4.69) is 4.98 Å². The van der Waals surface area contributed by atoms with Gasteiger partial charge in [-0.1, -0.05) is 6.92 Å². The molecule has 1 N–H and O–H groups in total. The van der Waals surface area contributed by atoms with Crippen LogP contribution in [0.15, 0.2) is 5.51 Å². The molecule has 1 aromatic heterocycles. The minimum absolute atomic E-state index is 0.0863. The smallest absolute Gasteiger partial charge is 0.427 e. The van der Waals surface area contributed by atoms with Crippen molar-refractivity contribution in [3.05, 3.63) is 16.1 Å². The van der Waals surface area contributed by atoms with E-state index in [1.54, 1.807) is 6.92 Å². The number of carbonyl (C=O) groups is 2. The van der Waals surface area contributed by atoms with Crippen LogP contribution < -0.4 is 0 Å². The van der Waals surface area contributed by atoms with E-state index in [4.69, 9.17) is 5.11 Å². The third-order valence-electron chi connectivity index (χ3n) is 3.32. The average Bonchev–Trinajstić information content (AvgIpc) is 2.86. The summed E-state index contributed by atoms with van der Waals surface area (Å²) in [6, 6.07) is 0. The molecule has 9 heteroatoms. The SMILES string of the molecule is CC1CC(C(=O)O)CN(C(=O)c2ncsc2C(F)(F)F)C1. The van der Waals surface area contributed by atoms with Crippen LogP contribution >= 0.6 is 11.3 Å². The minimum atomic E-state index is -4.64. The first kappa shape index (κ1) is 15.7. The lowest BCUT2D eigenvalue weighted by atomic mass is 9.90. The van der Waals surface area contributed by atoms with Gasteiger partial charge in [-0.3, -0.25) is 9.59 Å². The summed E-state index contributed by atoms with van der Waals surface area (Å²) in [5.74, 6) is -2.75. The van der Waals surface area contributed by atoms with Crippen molar-refractivity contribution in [3.63, 3.8) is 0 Å². The normalized spacial score (nSPS) is 23.1.